The molecule has 1 aromatic rings. The molecule has 2 rings (SSSR count). The molecule has 0 saturated carbocycles. The minimum atomic E-state index is 0.724. The summed E-state index contributed by atoms with van der Waals surface area (Å²) < 4.78 is 5.68. The van der Waals surface area contributed by atoms with E-state index in [0.29, 0.717) is 0 Å². The summed E-state index contributed by atoms with van der Waals surface area (Å²) in [5, 5.41) is 3.37. The molecule has 88 valence electrons. The third kappa shape index (κ3) is 2.47. The summed E-state index contributed by atoms with van der Waals surface area (Å²) in [5.74, 6) is 1.01. The third-order valence-electron chi connectivity index (χ3n) is 2.87. The Balaban J connectivity index is 2.24. The van der Waals surface area contributed by atoms with Crippen LogP contribution in [0.2, 0.25) is 0 Å². The Morgan fingerprint density at radius 3 is 2.75 bits per heavy atom. The fourth-order valence-corrected chi connectivity index (χ4v) is 2.06. The predicted molar refractivity (Wildman–Crippen MR) is 67.4 cm³/mol. The predicted octanol–water partition coefficient (Wildman–Crippen LogP) is 1.80. The Morgan fingerprint density at radius 1 is 1.31 bits per heavy atom. The minimum Gasteiger partial charge on any atom is -0.492 e. The van der Waals surface area contributed by atoms with Crippen LogP contribution in [0.3, 0.4) is 0 Å². The topological polar surface area (TPSA) is 24.5 Å². The standard InChI is InChI=1S/C13H20N2O/c1-3-16-13-5-4-11(2)10-12(13)15-8-6-14-7-9-15/h4-5,10,14H,3,6-9H2,1-2H3. The molecule has 1 saturated heterocycles. The van der Waals surface area contributed by atoms with Gasteiger partial charge in [-0.05, 0) is 31.5 Å². The van der Waals surface area contributed by atoms with Crippen LogP contribution in [0.1, 0.15) is 12.5 Å². The zero-order valence-corrected chi connectivity index (χ0v) is 10.1. The van der Waals surface area contributed by atoms with E-state index < -0.39 is 0 Å². The molecule has 0 atom stereocenters. The average Bonchev–Trinajstić information content (AvgIpc) is 2.33. The van der Waals surface area contributed by atoms with Gasteiger partial charge < -0.3 is 15.0 Å². The lowest BCUT2D eigenvalue weighted by molar-refractivity contribution is 0.339. The first kappa shape index (κ1) is 11.3. The Morgan fingerprint density at radius 2 is 2.06 bits per heavy atom. The van der Waals surface area contributed by atoms with Crippen molar-refractivity contribution in [3.63, 3.8) is 0 Å². The van der Waals surface area contributed by atoms with Gasteiger partial charge in [-0.2, -0.15) is 0 Å². The molecule has 1 aliphatic heterocycles. The van der Waals surface area contributed by atoms with E-state index in [1.807, 2.05) is 6.92 Å². The van der Waals surface area contributed by atoms with Gasteiger partial charge in [-0.15, -0.1) is 0 Å². The van der Waals surface area contributed by atoms with Gasteiger partial charge in [-0.3, -0.25) is 0 Å². The van der Waals surface area contributed by atoms with E-state index in [0.717, 1.165) is 38.5 Å². The van der Waals surface area contributed by atoms with Crippen molar-refractivity contribution in [1.82, 2.24) is 5.32 Å². The maximum absolute atomic E-state index is 5.68. The fourth-order valence-electron chi connectivity index (χ4n) is 2.06. The van der Waals surface area contributed by atoms with Gasteiger partial charge in [0.1, 0.15) is 5.75 Å². The summed E-state index contributed by atoms with van der Waals surface area (Å²) in [6, 6.07) is 6.41. The van der Waals surface area contributed by atoms with Crippen LogP contribution in [0, 0.1) is 6.92 Å². The number of hydrogen-bond acceptors (Lipinski definition) is 3. The highest BCUT2D eigenvalue weighted by molar-refractivity contribution is 5.60. The molecule has 3 heteroatoms. The number of anilines is 1. The summed E-state index contributed by atoms with van der Waals surface area (Å²) in [6.45, 7) is 9.11. The largest absolute Gasteiger partial charge is 0.492 e. The van der Waals surface area contributed by atoms with Gasteiger partial charge >= 0.3 is 0 Å². The molecular weight excluding hydrogens is 200 g/mol. The van der Waals surface area contributed by atoms with Crippen molar-refractivity contribution in [3.05, 3.63) is 23.8 Å². The summed E-state index contributed by atoms with van der Waals surface area (Å²) in [4.78, 5) is 2.40. The van der Waals surface area contributed by atoms with Crippen LogP contribution in [0.5, 0.6) is 5.75 Å². The molecule has 3 nitrogen and oxygen atoms in total. The summed E-state index contributed by atoms with van der Waals surface area (Å²) in [7, 11) is 0. The van der Waals surface area contributed by atoms with Crippen LogP contribution in [0.25, 0.3) is 0 Å². The highest BCUT2D eigenvalue weighted by atomic mass is 16.5. The Hall–Kier alpha value is -1.22. The van der Waals surface area contributed by atoms with E-state index in [-0.39, 0.29) is 0 Å². The highest BCUT2D eigenvalue weighted by Gasteiger charge is 2.14. The number of piperazine rings is 1. The molecule has 0 bridgehead atoms. The summed E-state index contributed by atoms with van der Waals surface area (Å²) >= 11 is 0. The van der Waals surface area contributed by atoms with Gasteiger partial charge in [0.15, 0.2) is 0 Å². The molecular formula is C13H20N2O. The van der Waals surface area contributed by atoms with E-state index in [1.54, 1.807) is 0 Å². The summed E-state index contributed by atoms with van der Waals surface area (Å²) in [6.07, 6.45) is 0. The molecule has 0 spiro atoms. The molecule has 1 aliphatic rings. The average molecular weight is 220 g/mol. The Labute approximate surface area is 97.4 Å². The highest BCUT2D eigenvalue weighted by Crippen LogP contribution is 2.29. The molecule has 1 N–H and O–H groups in total. The third-order valence-corrected chi connectivity index (χ3v) is 2.87. The maximum Gasteiger partial charge on any atom is 0.142 e. The molecule has 0 unspecified atom stereocenters. The maximum atomic E-state index is 5.68. The molecule has 0 aliphatic carbocycles. The molecule has 0 amide bonds. The van der Waals surface area contributed by atoms with Gasteiger partial charge in [-0.1, -0.05) is 6.07 Å². The number of nitrogens with one attached hydrogen (secondary N) is 1. The first-order valence-corrected chi connectivity index (χ1v) is 6.00. The van der Waals surface area contributed by atoms with Crippen LogP contribution < -0.4 is 15.0 Å². The van der Waals surface area contributed by atoms with Crippen molar-refractivity contribution >= 4 is 5.69 Å². The molecule has 1 aromatic carbocycles. The van der Waals surface area contributed by atoms with E-state index in [1.165, 1.54) is 11.3 Å². The zero-order valence-electron chi connectivity index (χ0n) is 10.1. The minimum absolute atomic E-state index is 0.724. The second-order valence-electron chi connectivity index (χ2n) is 4.14. The van der Waals surface area contributed by atoms with Gasteiger partial charge in [0, 0.05) is 26.2 Å². The van der Waals surface area contributed by atoms with Gasteiger partial charge in [0.25, 0.3) is 0 Å². The van der Waals surface area contributed by atoms with Crippen LogP contribution >= 0.6 is 0 Å². The molecule has 16 heavy (non-hydrogen) atoms. The van der Waals surface area contributed by atoms with Gasteiger partial charge in [0.2, 0.25) is 0 Å². The van der Waals surface area contributed by atoms with Crippen molar-refractivity contribution in [2.45, 2.75) is 13.8 Å². The van der Waals surface area contributed by atoms with Crippen molar-refractivity contribution in [3.8, 4) is 5.75 Å². The number of benzene rings is 1. The number of rotatable bonds is 3. The monoisotopic (exact) mass is 220 g/mol. The first-order valence-electron chi connectivity index (χ1n) is 6.00. The van der Waals surface area contributed by atoms with E-state index >= 15 is 0 Å². The quantitative estimate of drug-likeness (QED) is 0.840. The molecule has 0 radical (unpaired) electrons. The summed E-state index contributed by atoms with van der Waals surface area (Å²) in [5.41, 5.74) is 2.53. The fraction of sp³-hybridized carbons (Fsp3) is 0.538. The number of nitrogens with zero attached hydrogens (tertiary/aromatic N) is 1. The number of hydrogen-bond donors (Lipinski definition) is 1. The molecule has 0 aromatic heterocycles. The second kappa shape index (κ2) is 5.21. The molecule has 1 fully saturated rings. The van der Waals surface area contributed by atoms with Crippen LogP contribution in [-0.4, -0.2) is 32.8 Å². The smallest absolute Gasteiger partial charge is 0.142 e. The number of ether oxygens (including phenoxy) is 1. The Bertz CT molecular complexity index is 346. The van der Waals surface area contributed by atoms with Crippen molar-refractivity contribution in [1.29, 1.82) is 0 Å². The van der Waals surface area contributed by atoms with Crippen molar-refractivity contribution < 1.29 is 4.74 Å². The molecule has 1 heterocycles. The van der Waals surface area contributed by atoms with Crippen molar-refractivity contribution in [2.24, 2.45) is 0 Å². The normalized spacial score (nSPS) is 16.2. The van der Waals surface area contributed by atoms with Crippen molar-refractivity contribution in [2.75, 3.05) is 37.7 Å². The number of aryl methyl sites for hydroxylation is 1. The van der Waals surface area contributed by atoms with Crippen LogP contribution in [0.15, 0.2) is 18.2 Å². The van der Waals surface area contributed by atoms with E-state index in [2.05, 4.69) is 35.3 Å². The second-order valence-corrected chi connectivity index (χ2v) is 4.14. The lowest BCUT2D eigenvalue weighted by Crippen LogP contribution is -2.43. The van der Waals surface area contributed by atoms with Crippen LogP contribution in [-0.2, 0) is 0 Å². The van der Waals surface area contributed by atoms with E-state index in [4.69, 9.17) is 4.74 Å². The lowest BCUT2D eigenvalue weighted by Gasteiger charge is -2.31. The van der Waals surface area contributed by atoms with Gasteiger partial charge in [-0.25, -0.2) is 0 Å². The zero-order chi connectivity index (χ0) is 11.4. The van der Waals surface area contributed by atoms with Gasteiger partial charge in [0.05, 0.1) is 12.3 Å². The Kier molecular flexibility index (Phi) is 3.67. The first-order chi connectivity index (χ1) is 7.81. The SMILES string of the molecule is CCOc1ccc(C)cc1N1CCNCC1. The van der Waals surface area contributed by atoms with Crippen LogP contribution in [0.4, 0.5) is 5.69 Å². The lowest BCUT2D eigenvalue weighted by atomic mass is 10.1. The van der Waals surface area contributed by atoms with E-state index in [9.17, 15) is 0 Å².